The standard InChI is InChI=1S/C12H15BrO3/c13-11-3-1-2-10(6-14)12(11)16-8-9-4-5-15-7-9/h1-3,9,14H,4-8H2. The van der Waals surface area contributed by atoms with Crippen molar-refractivity contribution in [3.63, 3.8) is 0 Å². The van der Waals surface area contributed by atoms with E-state index in [1.165, 1.54) is 0 Å². The molecule has 0 spiro atoms. The van der Waals surface area contributed by atoms with E-state index in [-0.39, 0.29) is 6.61 Å². The van der Waals surface area contributed by atoms with Crippen LogP contribution >= 0.6 is 15.9 Å². The van der Waals surface area contributed by atoms with Gasteiger partial charge in [-0.15, -0.1) is 0 Å². The fourth-order valence-corrected chi connectivity index (χ4v) is 2.28. The van der Waals surface area contributed by atoms with Gasteiger partial charge in [0.05, 0.1) is 24.3 Å². The molecule has 4 heteroatoms. The molecule has 1 aromatic rings. The monoisotopic (exact) mass is 286 g/mol. The molecular formula is C12H15BrO3. The number of benzene rings is 1. The molecule has 1 unspecified atom stereocenters. The molecule has 1 aromatic carbocycles. The van der Waals surface area contributed by atoms with Crippen molar-refractivity contribution < 1.29 is 14.6 Å². The summed E-state index contributed by atoms with van der Waals surface area (Å²) >= 11 is 3.43. The van der Waals surface area contributed by atoms with Gasteiger partial charge in [0, 0.05) is 18.1 Å². The Bertz CT molecular complexity index is 348. The molecule has 1 atom stereocenters. The summed E-state index contributed by atoms with van der Waals surface area (Å²) in [5, 5.41) is 9.21. The van der Waals surface area contributed by atoms with Crippen molar-refractivity contribution in [2.24, 2.45) is 5.92 Å². The van der Waals surface area contributed by atoms with Crippen LogP contribution < -0.4 is 4.74 Å². The molecule has 88 valence electrons. The van der Waals surface area contributed by atoms with Crippen LogP contribution in [0.5, 0.6) is 5.75 Å². The second kappa shape index (κ2) is 5.66. The highest BCUT2D eigenvalue weighted by Gasteiger charge is 2.17. The maximum Gasteiger partial charge on any atom is 0.138 e. The van der Waals surface area contributed by atoms with Crippen LogP contribution in [-0.4, -0.2) is 24.9 Å². The number of aliphatic hydroxyl groups excluding tert-OH is 1. The Morgan fingerprint density at radius 1 is 1.50 bits per heavy atom. The summed E-state index contributed by atoms with van der Waals surface area (Å²) in [5.41, 5.74) is 0.813. The summed E-state index contributed by atoms with van der Waals surface area (Å²) in [6.45, 7) is 2.25. The molecule has 1 heterocycles. The molecule has 0 aromatic heterocycles. The van der Waals surface area contributed by atoms with Crippen LogP contribution in [-0.2, 0) is 11.3 Å². The van der Waals surface area contributed by atoms with Crippen LogP contribution in [0.2, 0.25) is 0 Å². The zero-order valence-electron chi connectivity index (χ0n) is 8.99. The Hall–Kier alpha value is -0.580. The zero-order valence-corrected chi connectivity index (χ0v) is 10.6. The van der Waals surface area contributed by atoms with E-state index in [0.29, 0.717) is 12.5 Å². The normalized spacial score (nSPS) is 20.0. The van der Waals surface area contributed by atoms with Crippen molar-refractivity contribution in [3.05, 3.63) is 28.2 Å². The molecule has 0 bridgehead atoms. The minimum absolute atomic E-state index is 0.00403. The van der Waals surface area contributed by atoms with Gasteiger partial charge in [0.25, 0.3) is 0 Å². The molecule has 16 heavy (non-hydrogen) atoms. The lowest BCUT2D eigenvalue weighted by atomic mass is 10.1. The van der Waals surface area contributed by atoms with Gasteiger partial charge in [-0.3, -0.25) is 0 Å². The molecule has 1 saturated heterocycles. The van der Waals surface area contributed by atoms with E-state index in [1.54, 1.807) is 0 Å². The second-order valence-electron chi connectivity index (χ2n) is 3.93. The van der Waals surface area contributed by atoms with E-state index in [4.69, 9.17) is 9.47 Å². The van der Waals surface area contributed by atoms with E-state index in [0.717, 1.165) is 35.4 Å². The third kappa shape index (κ3) is 2.75. The summed E-state index contributed by atoms with van der Waals surface area (Å²) in [6.07, 6.45) is 1.05. The van der Waals surface area contributed by atoms with Crippen LogP contribution in [0.3, 0.4) is 0 Å². The molecule has 0 aliphatic carbocycles. The smallest absolute Gasteiger partial charge is 0.138 e. The van der Waals surface area contributed by atoms with Crippen LogP contribution in [0.15, 0.2) is 22.7 Å². The summed E-state index contributed by atoms with van der Waals surface area (Å²) in [7, 11) is 0. The minimum Gasteiger partial charge on any atom is -0.492 e. The van der Waals surface area contributed by atoms with Gasteiger partial charge in [-0.05, 0) is 28.4 Å². The Labute approximate surface area is 104 Å². The van der Waals surface area contributed by atoms with E-state index in [9.17, 15) is 5.11 Å². The van der Waals surface area contributed by atoms with Gasteiger partial charge in [0.2, 0.25) is 0 Å². The van der Waals surface area contributed by atoms with Crippen LogP contribution in [0, 0.1) is 5.92 Å². The molecule has 0 radical (unpaired) electrons. The molecule has 1 fully saturated rings. The second-order valence-corrected chi connectivity index (χ2v) is 4.78. The Morgan fingerprint density at radius 2 is 2.38 bits per heavy atom. The molecule has 0 amide bonds. The first-order valence-corrected chi connectivity index (χ1v) is 6.19. The SMILES string of the molecule is OCc1cccc(Br)c1OCC1CCOC1. The molecule has 2 rings (SSSR count). The molecule has 3 nitrogen and oxygen atoms in total. The lowest BCUT2D eigenvalue weighted by Gasteiger charge is -2.14. The summed E-state index contributed by atoms with van der Waals surface area (Å²) in [5.74, 6) is 1.22. The van der Waals surface area contributed by atoms with Gasteiger partial charge in [0.15, 0.2) is 0 Å². The Morgan fingerprint density at radius 3 is 3.06 bits per heavy atom. The summed E-state index contributed by atoms with van der Waals surface area (Å²) in [6, 6.07) is 5.67. The first-order chi connectivity index (χ1) is 7.81. The van der Waals surface area contributed by atoms with Gasteiger partial charge in [-0.2, -0.15) is 0 Å². The van der Waals surface area contributed by atoms with Gasteiger partial charge in [0.1, 0.15) is 5.75 Å². The van der Waals surface area contributed by atoms with Gasteiger partial charge >= 0.3 is 0 Å². The van der Waals surface area contributed by atoms with Crippen molar-refractivity contribution in [1.82, 2.24) is 0 Å². The first kappa shape index (κ1) is 11.9. The molecule has 0 saturated carbocycles. The van der Waals surface area contributed by atoms with E-state index >= 15 is 0 Å². The average molecular weight is 287 g/mol. The predicted octanol–water partition coefficient (Wildman–Crippen LogP) is 2.36. The van der Waals surface area contributed by atoms with Gasteiger partial charge < -0.3 is 14.6 Å². The van der Waals surface area contributed by atoms with E-state index < -0.39 is 0 Å². The Kier molecular flexibility index (Phi) is 4.21. The fraction of sp³-hybridized carbons (Fsp3) is 0.500. The maximum absolute atomic E-state index is 9.21. The first-order valence-electron chi connectivity index (χ1n) is 5.40. The van der Waals surface area contributed by atoms with Gasteiger partial charge in [-0.25, -0.2) is 0 Å². The zero-order chi connectivity index (χ0) is 11.4. The van der Waals surface area contributed by atoms with Crippen LogP contribution in [0.25, 0.3) is 0 Å². The lowest BCUT2D eigenvalue weighted by molar-refractivity contribution is 0.165. The number of hydrogen-bond acceptors (Lipinski definition) is 3. The number of halogens is 1. The molecule has 1 aliphatic heterocycles. The van der Waals surface area contributed by atoms with Crippen molar-refractivity contribution >= 4 is 15.9 Å². The summed E-state index contributed by atoms with van der Waals surface area (Å²) < 4.78 is 11.9. The highest BCUT2D eigenvalue weighted by atomic mass is 79.9. The highest BCUT2D eigenvalue weighted by molar-refractivity contribution is 9.10. The molecule has 1 N–H and O–H groups in total. The third-order valence-electron chi connectivity index (χ3n) is 2.71. The number of para-hydroxylation sites is 1. The van der Waals surface area contributed by atoms with Crippen molar-refractivity contribution in [2.45, 2.75) is 13.0 Å². The number of ether oxygens (including phenoxy) is 2. The lowest BCUT2D eigenvalue weighted by Crippen LogP contribution is -2.12. The predicted molar refractivity (Wildman–Crippen MR) is 64.5 cm³/mol. The van der Waals surface area contributed by atoms with Crippen molar-refractivity contribution in [3.8, 4) is 5.75 Å². The Balaban J connectivity index is 2.01. The van der Waals surface area contributed by atoms with Gasteiger partial charge in [-0.1, -0.05) is 12.1 Å². The number of hydrogen-bond donors (Lipinski definition) is 1. The van der Waals surface area contributed by atoms with Crippen LogP contribution in [0.1, 0.15) is 12.0 Å². The third-order valence-corrected chi connectivity index (χ3v) is 3.33. The van der Waals surface area contributed by atoms with E-state index in [2.05, 4.69) is 15.9 Å². The largest absolute Gasteiger partial charge is 0.492 e. The quantitative estimate of drug-likeness (QED) is 0.924. The van der Waals surface area contributed by atoms with Crippen molar-refractivity contribution in [1.29, 1.82) is 0 Å². The fourth-order valence-electron chi connectivity index (χ4n) is 1.76. The van der Waals surface area contributed by atoms with E-state index in [1.807, 2.05) is 18.2 Å². The highest BCUT2D eigenvalue weighted by Crippen LogP contribution is 2.30. The van der Waals surface area contributed by atoms with Crippen molar-refractivity contribution in [2.75, 3.05) is 19.8 Å². The topological polar surface area (TPSA) is 38.7 Å². The van der Waals surface area contributed by atoms with Crippen LogP contribution in [0.4, 0.5) is 0 Å². The summed E-state index contributed by atoms with van der Waals surface area (Å²) in [4.78, 5) is 0. The minimum atomic E-state index is -0.00403. The molecular weight excluding hydrogens is 272 g/mol. The number of aliphatic hydroxyl groups is 1. The number of rotatable bonds is 4. The average Bonchev–Trinajstić information content (AvgIpc) is 2.80. The maximum atomic E-state index is 9.21. The molecule has 1 aliphatic rings.